The van der Waals surface area contributed by atoms with Gasteiger partial charge in [-0.2, -0.15) is 0 Å². The quantitative estimate of drug-likeness (QED) is 0.724. The van der Waals surface area contributed by atoms with Crippen molar-refractivity contribution < 1.29 is 33.7 Å². The third-order valence-electron chi connectivity index (χ3n) is 3.28. The number of benzene rings is 2. The van der Waals surface area contributed by atoms with E-state index in [0.29, 0.717) is 16.9 Å². The minimum absolute atomic E-state index is 0.0518. The molecule has 2 aromatic rings. The second kappa shape index (κ2) is 8.68. The number of rotatable bonds is 9. The van der Waals surface area contributed by atoms with Gasteiger partial charge in [0.1, 0.15) is 12.4 Å². The number of carbonyl (C=O) groups is 2. The van der Waals surface area contributed by atoms with Gasteiger partial charge in [-0.05, 0) is 41.8 Å². The lowest BCUT2D eigenvalue weighted by Gasteiger charge is -2.10. The first-order valence-corrected chi connectivity index (χ1v) is 7.50. The highest BCUT2D eigenvalue weighted by Gasteiger charge is 2.07. The fourth-order valence-electron chi connectivity index (χ4n) is 2.10. The van der Waals surface area contributed by atoms with Crippen molar-refractivity contribution in [3.8, 4) is 11.5 Å². The third kappa shape index (κ3) is 6.14. The van der Waals surface area contributed by atoms with Crippen LogP contribution in [0.2, 0.25) is 0 Å². The topological polar surface area (TPSA) is 93.1 Å². The SMILES string of the molecule is O=C(O)CCc1ccc(OCc2cccc(OCC(=O)O)c2)c(F)c1. The summed E-state index contributed by atoms with van der Waals surface area (Å²) in [5.41, 5.74) is 1.27. The molecule has 0 unspecified atom stereocenters. The molecule has 0 saturated heterocycles. The second-order valence-corrected chi connectivity index (χ2v) is 5.28. The normalized spacial score (nSPS) is 10.3. The van der Waals surface area contributed by atoms with E-state index in [1.54, 1.807) is 30.3 Å². The first-order chi connectivity index (χ1) is 11.9. The van der Waals surface area contributed by atoms with E-state index in [1.807, 2.05) is 0 Å². The third-order valence-corrected chi connectivity index (χ3v) is 3.28. The number of carboxylic acid groups (broad SMARTS) is 2. The molecule has 132 valence electrons. The summed E-state index contributed by atoms with van der Waals surface area (Å²) < 4.78 is 24.5. The molecule has 0 spiro atoms. The van der Waals surface area contributed by atoms with Crippen molar-refractivity contribution in [2.45, 2.75) is 19.4 Å². The number of hydrogen-bond acceptors (Lipinski definition) is 4. The summed E-state index contributed by atoms with van der Waals surface area (Å²) in [6.07, 6.45) is 0.179. The Bertz CT molecular complexity index is 759. The summed E-state index contributed by atoms with van der Waals surface area (Å²) in [5, 5.41) is 17.2. The molecule has 0 fully saturated rings. The zero-order chi connectivity index (χ0) is 18.2. The van der Waals surface area contributed by atoms with E-state index in [-0.39, 0.29) is 25.2 Å². The van der Waals surface area contributed by atoms with E-state index in [9.17, 15) is 14.0 Å². The lowest BCUT2D eigenvalue weighted by molar-refractivity contribution is -0.139. The van der Waals surface area contributed by atoms with Crippen molar-refractivity contribution in [1.29, 1.82) is 0 Å². The van der Waals surface area contributed by atoms with Crippen molar-refractivity contribution in [1.82, 2.24) is 0 Å². The molecule has 0 amide bonds. The molecule has 0 radical (unpaired) electrons. The van der Waals surface area contributed by atoms with Crippen LogP contribution in [0.5, 0.6) is 11.5 Å². The van der Waals surface area contributed by atoms with Gasteiger partial charge < -0.3 is 19.7 Å². The van der Waals surface area contributed by atoms with Gasteiger partial charge >= 0.3 is 11.9 Å². The van der Waals surface area contributed by atoms with Crippen LogP contribution in [0.1, 0.15) is 17.5 Å². The van der Waals surface area contributed by atoms with Gasteiger partial charge in [0.15, 0.2) is 18.2 Å². The van der Waals surface area contributed by atoms with Gasteiger partial charge in [0, 0.05) is 6.42 Å². The summed E-state index contributed by atoms with van der Waals surface area (Å²) in [7, 11) is 0. The van der Waals surface area contributed by atoms with E-state index in [4.69, 9.17) is 19.7 Å². The second-order valence-electron chi connectivity index (χ2n) is 5.28. The van der Waals surface area contributed by atoms with Crippen molar-refractivity contribution >= 4 is 11.9 Å². The Morgan fingerprint density at radius 2 is 1.76 bits per heavy atom. The summed E-state index contributed by atoms with van der Waals surface area (Å²) in [6, 6.07) is 11.0. The maximum atomic E-state index is 14.0. The van der Waals surface area contributed by atoms with Crippen molar-refractivity contribution in [2.75, 3.05) is 6.61 Å². The molecular formula is C18H17FO6. The van der Waals surface area contributed by atoms with Gasteiger partial charge in [-0.15, -0.1) is 0 Å². The van der Waals surface area contributed by atoms with Crippen LogP contribution in [0.25, 0.3) is 0 Å². The van der Waals surface area contributed by atoms with Crippen molar-refractivity contribution in [3.05, 3.63) is 59.4 Å². The Hall–Kier alpha value is -3.09. The highest BCUT2D eigenvalue weighted by Crippen LogP contribution is 2.21. The maximum absolute atomic E-state index is 14.0. The van der Waals surface area contributed by atoms with Crippen LogP contribution < -0.4 is 9.47 Å². The number of aliphatic carboxylic acids is 2. The van der Waals surface area contributed by atoms with E-state index in [0.717, 1.165) is 0 Å². The van der Waals surface area contributed by atoms with E-state index in [2.05, 4.69) is 0 Å². The van der Waals surface area contributed by atoms with Crippen LogP contribution in [0.3, 0.4) is 0 Å². The van der Waals surface area contributed by atoms with Crippen molar-refractivity contribution in [3.63, 3.8) is 0 Å². The van der Waals surface area contributed by atoms with Crippen molar-refractivity contribution in [2.24, 2.45) is 0 Å². The van der Waals surface area contributed by atoms with Gasteiger partial charge in [0.2, 0.25) is 0 Å². The first kappa shape index (κ1) is 18.3. The number of carboxylic acids is 2. The smallest absolute Gasteiger partial charge is 0.341 e. The lowest BCUT2D eigenvalue weighted by Crippen LogP contribution is -2.09. The van der Waals surface area contributed by atoms with E-state index < -0.39 is 24.4 Å². The van der Waals surface area contributed by atoms with Crippen LogP contribution in [0.15, 0.2) is 42.5 Å². The fourth-order valence-corrected chi connectivity index (χ4v) is 2.10. The largest absolute Gasteiger partial charge is 0.486 e. The van der Waals surface area contributed by atoms with Gasteiger partial charge in [-0.1, -0.05) is 18.2 Å². The van der Waals surface area contributed by atoms with Crippen LogP contribution in [-0.4, -0.2) is 28.8 Å². The Balaban J connectivity index is 1.95. The Morgan fingerprint density at radius 3 is 2.44 bits per heavy atom. The van der Waals surface area contributed by atoms with Gasteiger partial charge in [0.25, 0.3) is 0 Å². The molecule has 0 aliphatic heterocycles. The molecule has 2 aromatic carbocycles. The summed E-state index contributed by atoms with van der Waals surface area (Å²) in [6.45, 7) is -0.369. The Kier molecular flexibility index (Phi) is 6.33. The molecule has 2 N–H and O–H groups in total. The highest BCUT2D eigenvalue weighted by atomic mass is 19.1. The van der Waals surface area contributed by atoms with E-state index >= 15 is 0 Å². The lowest BCUT2D eigenvalue weighted by atomic mass is 10.1. The zero-order valence-corrected chi connectivity index (χ0v) is 13.3. The number of hydrogen-bond donors (Lipinski definition) is 2. The fraction of sp³-hybridized carbons (Fsp3) is 0.222. The summed E-state index contributed by atoms with van der Waals surface area (Å²) >= 11 is 0. The predicted molar refractivity (Wildman–Crippen MR) is 86.3 cm³/mol. The summed E-state index contributed by atoms with van der Waals surface area (Å²) in [4.78, 5) is 21.0. The van der Waals surface area contributed by atoms with Gasteiger partial charge in [-0.25, -0.2) is 9.18 Å². The molecule has 25 heavy (non-hydrogen) atoms. The summed E-state index contributed by atoms with van der Waals surface area (Å²) in [5.74, 6) is -2.15. The van der Waals surface area contributed by atoms with Crippen LogP contribution in [-0.2, 0) is 22.6 Å². The molecule has 0 bridgehead atoms. The first-order valence-electron chi connectivity index (χ1n) is 7.50. The Morgan fingerprint density at radius 1 is 0.960 bits per heavy atom. The average molecular weight is 348 g/mol. The predicted octanol–water partition coefficient (Wildman–Crippen LogP) is 2.89. The highest BCUT2D eigenvalue weighted by molar-refractivity contribution is 5.68. The van der Waals surface area contributed by atoms with E-state index in [1.165, 1.54) is 12.1 Å². The molecule has 0 saturated carbocycles. The molecule has 0 aliphatic rings. The molecule has 7 heteroatoms. The zero-order valence-electron chi connectivity index (χ0n) is 13.3. The molecule has 0 aliphatic carbocycles. The minimum Gasteiger partial charge on any atom is -0.486 e. The Labute approximate surface area is 143 Å². The van der Waals surface area contributed by atoms with Crippen LogP contribution in [0.4, 0.5) is 4.39 Å². The number of ether oxygens (including phenoxy) is 2. The standard InChI is InChI=1S/C18H17FO6/c19-15-9-12(5-7-17(20)21)4-6-16(15)25-10-13-2-1-3-14(8-13)24-11-18(22)23/h1-4,6,8-9H,5,7,10-11H2,(H,20,21)(H,22,23). The van der Waals surface area contributed by atoms with Gasteiger partial charge in [-0.3, -0.25) is 4.79 Å². The number of aryl methyl sites for hydroxylation is 1. The molecule has 2 rings (SSSR count). The maximum Gasteiger partial charge on any atom is 0.341 e. The van der Waals surface area contributed by atoms with Gasteiger partial charge in [0.05, 0.1) is 0 Å². The average Bonchev–Trinajstić information content (AvgIpc) is 2.57. The number of halogens is 1. The molecule has 0 aromatic heterocycles. The molecule has 0 atom stereocenters. The van der Waals surface area contributed by atoms with Crippen LogP contribution in [0, 0.1) is 5.82 Å². The molecule has 0 heterocycles. The molecular weight excluding hydrogens is 331 g/mol. The molecule has 6 nitrogen and oxygen atoms in total. The minimum atomic E-state index is -1.08. The van der Waals surface area contributed by atoms with Crippen LogP contribution >= 0.6 is 0 Å². The monoisotopic (exact) mass is 348 g/mol.